The van der Waals surface area contributed by atoms with Gasteiger partial charge in [-0.2, -0.15) is 0 Å². The molecule has 1 unspecified atom stereocenters. The van der Waals surface area contributed by atoms with Gasteiger partial charge in [0, 0.05) is 29.4 Å². The van der Waals surface area contributed by atoms with E-state index in [1.165, 1.54) is 6.33 Å². The second-order valence-corrected chi connectivity index (χ2v) is 4.98. The van der Waals surface area contributed by atoms with Crippen molar-refractivity contribution in [1.29, 1.82) is 5.41 Å². The first-order valence-corrected chi connectivity index (χ1v) is 6.71. The summed E-state index contributed by atoms with van der Waals surface area (Å²) < 4.78 is 11.0. The van der Waals surface area contributed by atoms with E-state index >= 15 is 0 Å². The van der Waals surface area contributed by atoms with Gasteiger partial charge in [0.25, 0.3) is 6.02 Å². The number of ether oxygens (including phenoxy) is 2. The third-order valence-electron chi connectivity index (χ3n) is 3.41. The molecule has 108 valence electrons. The third-order valence-corrected chi connectivity index (χ3v) is 3.41. The molecule has 21 heavy (non-hydrogen) atoms. The van der Waals surface area contributed by atoms with Gasteiger partial charge >= 0.3 is 0 Å². The van der Waals surface area contributed by atoms with Crippen LogP contribution in [0.3, 0.4) is 0 Å². The Bertz CT molecular complexity index is 645. The van der Waals surface area contributed by atoms with E-state index < -0.39 is 0 Å². The van der Waals surface area contributed by atoms with Gasteiger partial charge in [-0.1, -0.05) is 18.2 Å². The Hall–Kier alpha value is -2.63. The van der Waals surface area contributed by atoms with Crippen LogP contribution >= 0.6 is 0 Å². The van der Waals surface area contributed by atoms with Crippen molar-refractivity contribution in [3.8, 4) is 16.9 Å². The number of nitrogens with two attached hydrogens (primary N) is 1. The van der Waals surface area contributed by atoms with Crippen molar-refractivity contribution in [1.82, 2.24) is 9.97 Å². The lowest BCUT2D eigenvalue weighted by Crippen LogP contribution is -2.28. The van der Waals surface area contributed by atoms with Crippen molar-refractivity contribution in [2.24, 2.45) is 11.7 Å². The Morgan fingerprint density at radius 2 is 2.19 bits per heavy atom. The molecule has 6 heteroatoms. The zero-order valence-electron chi connectivity index (χ0n) is 11.5. The topological polar surface area (TPSA) is 94.1 Å². The summed E-state index contributed by atoms with van der Waals surface area (Å²) in [5.74, 6) is 1.08. The summed E-state index contributed by atoms with van der Waals surface area (Å²) in [7, 11) is 0. The van der Waals surface area contributed by atoms with Crippen LogP contribution in [0, 0.1) is 11.3 Å². The molecule has 2 aromatic rings. The van der Waals surface area contributed by atoms with E-state index in [-0.39, 0.29) is 11.9 Å². The molecule has 0 saturated heterocycles. The minimum atomic E-state index is -0.254. The number of nitrogens with one attached hydrogen (secondary N) is 1. The quantitative estimate of drug-likeness (QED) is 0.659. The normalized spacial score (nSPS) is 16.7. The molecule has 1 aliphatic heterocycles. The smallest absolute Gasteiger partial charge is 0.279 e. The zero-order valence-corrected chi connectivity index (χ0v) is 11.5. The van der Waals surface area contributed by atoms with E-state index in [4.69, 9.17) is 20.6 Å². The van der Waals surface area contributed by atoms with Gasteiger partial charge in [0.05, 0.1) is 13.2 Å². The standard InChI is InChI=1S/C15H16N4O2/c16-15(17)21-8-10-4-11-2-1-3-13(14(11)20-7-10)12-5-18-9-19-6-12/h1-3,5-6,9-10H,4,7-8H2,(H3,16,17). The highest BCUT2D eigenvalue weighted by Crippen LogP contribution is 2.36. The van der Waals surface area contributed by atoms with Crippen molar-refractivity contribution < 1.29 is 9.47 Å². The maximum atomic E-state index is 7.11. The van der Waals surface area contributed by atoms with E-state index in [1.807, 2.05) is 18.2 Å². The van der Waals surface area contributed by atoms with Crippen molar-refractivity contribution >= 4 is 6.02 Å². The Kier molecular flexibility index (Phi) is 3.68. The monoisotopic (exact) mass is 284 g/mol. The van der Waals surface area contributed by atoms with Crippen LogP contribution in [0.15, 0.2) is 36.9 Å². The van der Waals surface area contributed by atoms with Crippen LogP contribution in [-0.2, 0) is 11.2 Å². The summed E-state index contributed by atoms with van der Waals surface area (Å²) in [6, 6.07) is 5.79. The highest BCUT2D eigenvalue weighted by Gasteiger charge is 2.23. The first-order valence-electron chi connectivity index (χ1n) is 6.71. The molecule has 1 aliphatic rings. The molecule has 0 spiro atoms. The second kappa shape index (κ2) is 5.78. The van der Waals surface area contributed by atoms with Gasteiger partial charge in [0.15, 0.2) is 0 Å². The Morgan fingerprint density at radius 1 is 1.38 bits per heavy atom. The molecular formula is C15H16N4O2. The van der Waals surface area contributed by atoms with Crippen LogP contribution in [-0.4, -0.2) is 29.2 Å². The molecule has 0 aliphatic carbocycles. The van der Waals surface area contributed by atoms with Gasteiger partial charge in [0.1, 0.15) is 12.1 Å². The lowest BCUT2D eigenvalue weighted by molar-refractivity contribution is 0.151. The first kappa shape index (κ1) is 13.4. The number of benzene rings is 1. The lowest BCUT2D eigenvalue weighted by Gasteiger charge is -2.26. The van der Waals surface area contributed by atoms with Crippen LogP contribution in [0.1, 0.15) is 5.56 Å². The molecule has 0 fully saturated rings. The average Bonchev–Trinajstić information content (AvgIpc) is 2.53. The fourth-order valence-corrected chi connectivity index (χ4v) is 2.47. The molecule has 0 bridgehead atoms. The number of nitrogens with zero attached hydrogens (tertiary/aromatic N) is 2. The molecule has 0 radical (unpaired) electrons. The summed E-state index contributed by atoms with van der Waals surface area (Å²) in [5, 5.41) is 7.11. The number of rotatable bonds is 3. The molecule has 2 heterocycles. The van der Waals surface area contributed by atoms with Crippen LogP contribution < -0.4 is 10.5 Å². The first-order chi connectivity index (χ1) is 10.2. The molecular weight excluding hydrogens is 268 g/mol. The summed E-state index contributed by atoms with van der Waals surface area (Å²) in [6.45, 7) is 0.943. The van der Waals surface area contributed by atoms with Crippen molar-refractivity contribution in [2.75, 3.05) is 13.2 Å². The van der Waals surface area contributed by atoms with Gasteiger partial charge in [0.2, 0.25) is 0 Å². The number of fused-ring (bicyclic) bond motifs is 1. The SMILES string of the molecule is N=C(N)OCC1COc2c(cccc2-c2cncnc2)C1. The maximum absolute atomic E-state index is 7.11. The molecule has 1 aromatic heterocycles. The summed E-state index contributed by atoms with van der Waals surface area (Å²) in [4.78, 5) is 8.10. The largest absolute Gasteiger partial charge is 0.492 e. The van der Waals surface area contributed by atoms with Crippen LogP contribution in [0.2, 0.25) is 0 Å². The van der Waals surface area contributed by atoms with E-state index in [0.717, 1.165) is 28.9 Å². The van der Waals surface area contributed by atoms with E-state index in [1.54, 1.807) is 12.4 Å². The number of hydrogen-bond donors (Lipinski definition) is 2. The molecule has 0 amide bonds. The Labute approximate surface area is 122 Å². The molecule has 3 N–H and O–H groups in total. The number of amidine groups is 1. The van der Waals surface area contributed by atoms with Crippen molar-refractivity contribution in [2.45, 2.75) is 6.42 Å². The van der Waals surface area contributed by atoms with Gasteiger partial charge < -0.3 is 15.2 Å². The maximum Gasteiger partial charge on any atom is 0.279 e. The minimum Gasteiger partial charge on any atom is -0.492 e. The van der Waals surface area contributed by atoms with Gasteiger partial charge in [-0.05, 0) is 12.0 Å². The van der Waals surface area contributed by atoms with E-state index in [0.29, 0.717) is 13.2 Å². The highest BCUT2D eigenvalue weighted by molar-refractivity contribution is 5.71. The fourth-order valence-electron chi connectivity index (χ4n) is 2.47. The van der Waals surface area contributed by atoms with Gasteiger partial charge in [-0.25, -0.2) is 9.97 Å². The predicted molar refractivity (Wildman–Crippen MR) is 78.0 cm³/mol. The summed E-state index contributed by atoms with van der Waals surface area (Å²) in [5.41, 5.74) is 8.27. The molecule has 6 nitrogen and oxygen atoms in total. The Balaban J connectivity index is 1.83. The van der Waals surface area contributed by atoms with Gasteiger partial charge in [-0.3, -0.25) is 5.41 Å². The molecule has 1 aromatic carbocycles. The number of aromatic nitrogens is 2. The molecule has 3 rings (SSSR count). The van der Waals surface area contributed by atoms with Crippen LogP contribution in [0.25, 0.3) is 11.1 Å². The highest BCUT2D eigenvalue weighted by atomic mass is 16.5. The van der Waals surface area contributed by atoms with Gasteiger partial charge in [-0.15, -0.1) is 0 Å². The van der Waals surface area contributed by atoms with Crippen molar-refractivity contribution in [3.63, 3.8) is 0 Å². The zero-order chi connectivity index (χ0) is 14.7. The average molecular weight is 284 g/mol. The lowest BCUT2D eigenvalue weighted by atomic mass is 9.94. The molecule has 1 atom stereocenters. The van der Waals surface area contributed by atoms with E-state index in [2.05, 4.69) is 9.97 Å². The third kappa shape index (κ3) is 2.94. The van der Waals surface area contributed by atoms with Crippen LogP contribution in [0.5, 0.6) is 5.75 Å². The predicted octanol–water partition coefficient (Wildman–Crippen LogP) is 1.60. The number of hydrogen-bond acceptors (Lipinski definition) is 5. The van der Waals surface area contributed by atoms with E-state index in [9.17, 15) is 0 Å². The second-order valence-electron chi connectivity index (χ2n) is 4.98. The summed E-state index contributed by atoms with van der Waals surface area (Å²) >= 11 is 0. The minimum absolute atomic E-state index is 0.198. The molecule has 0 saturated carbocycles. The van der Waals surface area contributed by atoms with Crippen molar-refractivity contribution in [3.05, 3.63) is 42.5 Å². The van der Waals surface area contributed by atoms with Crippen LogP contribution in [0.4, 0.5) is 0 Å². The Morgan fingerprint density at radius 3 is 2.95 bits per heavy atom. The number of para-hydroxylation sites is 1. The summed E-state index contributed by atoms with van der Waals surface area (Å²) in [6.07, 6.45) is 5.90. The fraction of sp³-hybridized carbons (Fsp3) is 0.267.